The first-order valence-electron chi connectivity index (χ1n) is 4.17. The Morgan fingerprint density at radius 1 is 1.57 bits per heavy atom. The first-order valence-corrected chi connectivity index (χ1v) is 4.17. The number of nitrogens with zero attached hydrogens (tertiary/aromatic N) is 1. The molecule has 0 aromatic carbocycles. The van der Waals surface area contributed by atoms with E-state index in [2.05, 4.69) is 21.9 Å². The molecular weight excluding hydrogens is 178 g/mol. The Hall–Kier alpha value is -2.10. The first-order chi connectivity index (χ1) is 6.81. The molecule has 2 rings (SSSR count). The van der Waals surface area contributed by atoms with Gasteiger partial charge in [0.2, 0.25) is 5.91 Å². The van der Waals surface area contributed by atoms with Gasteiger partial charge < -0.3 is 10.3 Å². The summed E-state index contributed by atoms with van der Waals surface area (Å²) in [6.07, 6.45) is 4.65. The van der Waals surface area contributed by atoms with Crippen LogP contribution in [0.4, 0.5) is 5.69 Å². The molecule has 0 unspecified atom stereocenters. The van der Waals surface area contributed by atoms with E-state index in [0.29, 0.717) is 0 Å². The normalized spacial score (nSPS) is 10.0. The van der Waals surface area contributed by atoms with Gasteiger partial charge in [-0.1, -0.05) is 6.58 Å². The molecule has 2 N–H and O–H groups in total. The lowest BCUT2D eigenvalue weighted by atomic mass is 10.3. The van der Waals surface area contributed by atoms with Crippen molar-refractivity contribution in [1.29, 1.82) is 0 Å². The summed E-state index contributed by atoms with van der Waals surface area (Å²) >= 11 is 0. The molecule has 1 amide bonds. The summed E-state index contributed by atoms with van der Waals surface area (Å²) in [5.41, 5.74) is 1.49. The summed E-state index contributed by atoms with van der Waals surface area (Å²) in [5.74, 6) is -0.223. The highest BCUT2D eigenvalue weighted by Gasteiger charge is 2.03. The first kappa shape index (κ1) is 8.50. The van der Waals surface area contributed by atoms with Crippen LogP contribution in [0.5, 0.6) is 0 Å². The summed E-state index contributed by atoms with van der Waals surface area (Å²) in [6.45, 7) is 3.39. The SMILES string of the molecule is C=CC(=O)Nc1ccnc2[nH]ccc12. The highest BCUT2D eigenvalue weighted by Crippen LogP contribution is 2.19. The number of carbonyl (C=O) groups excluding carboxylic acids is 1. The van der Waals surface area contributed by atoms with Crippen LogP contribution >= 0.6 is 0 Å². The van der Waals surface area contributed by atoms with Gasteiger partial charge in [0.05, 0.1) is 5.69 Å². The molecule has 0 aliphatic heterocycles. The van der Waals surface area contributed by atoms with Gasteiger partial charge in [0, 0.05) is 17.8 Å². The maximum atomic E-state index is 11.1. The van der Waals surface area contributed by atoms with Crippen molar-refractivity contribution in [3.8, 4) is 0 Å². The number of pyridine rings is 1. The third kappa shape index (κ3) is 1.37. The number of fused-ring (bicyclic) bond motifs is 1. The summed E-state index contributed by atoms with van der Waals surface area (Å²) in [4.78, 5) is 18.2. The number of carbonyl (C=O) groups is 1. The van der Waals surface area contributed by atoms with Crippen molar-refractivity contribution in [2.24, 2.45) is 0 Å². The van der Waals surface area contributed by atoms with Gasteiger partial charge >= 0.3 is 0 Å². The molecule has 0 fully saturated rings. The summed E-state index contributed by atoms with van der Waals surface area (Å²) in [7, 11) is 0. The monoisotopic (exact) mass is 187 g/mol. The Morgan fingerprint density at radius 2 is 2.43 bits per heavy atom. The van der Waals surface area contributed by atoms with Crippen molar-refractivity contribution in [1.82, 2.24) is 9.97 Å². The quantitative estimate of drug-likeness (QED) is 0.703. The van der Waals surface area contributed by atoms with Crippen LogP contribution in [-0.4, -0.2) is 15.9 Å². The molecule has 0 radical (unpaired) electrons. The van der Waals surface area contributed by atoms with Crippen molar-refractivity contribution in [3.63, 3.8) is 0 Å². The average Bonchev–Trinajstić information content (AvgIpc) is 2.66. The molecule has 0 aliphatic rings. The van der Waals surface area contributed by atoms with Gasteiger partial charge in [-0.3, -0.25) is 4.79 Å². The summed E-state index contributed by atoms with van der Waals surface area (Å²) in [6, 6.07) is 3.61. The lowest BCUT2D eigenvalue weighted by Gasteiger charge is -2.02. The number of anilines is 1. The van der Waals surface area contributed by atoms with Crippen LogP contribution in [0.1, 0.15) is 0 Å². The second-order valence-corrected chi connectivity index (χ2v) is 2.79. The van der Waals surface area contributed by atoms with E-state index in [0.717, 1.165) is 16.7 Å². The van der Waals surface area contributed by atoms with Gasteiger partial charge in [-0.25, -0.2) is 4.98 Å². The molecule has 2 heterocycles. The Kier molecular flexibility index (Phi) is 2.02. The lowest BCUT2D eigenvalue weighted by Crippen LogP contribution is -2.07. The van der Waals surface area contributed by atoms with Crippen LogP contribution in [0.3, 0.4) is 0 Å². The third-order valence-corrected chi connectivity index (χ3v) is 1.90. The standard InChI is InChI=1S/C10H9N3O/c1-2-9(14)13-8-4-6-12-10-7(8)3-5-11-10/h2-6H,1H2,(H2,11,12,13,14). The van der Waals surface area contributed by atoms with Crippen LogP contribution in [0.2, 0.25) is 0 Å². The van der Waals surface area contributed by atoms with Gasteiger partial charge in [0.1, 0.15) is 5.65 Å². The van der Waals surface area contributed by atoms with E-state index in [1.54, 1.807) is 18.5 Å². The zero-order valence-electron chi connectivity index (χ0n) is 7.45. The average molecular weight is 187 g/mol. The number of nitrogens with one attached hydrogen (secondary N) is 2. The van der Waals surface area contributed by atoms with Crippen molar-refractivity contribution in [3.05, 3.63) is 37.2 Å². The van der Waals surface area contributed by atoms with Crippen LogP contribution in [0, 0.1) is 0 Å². The molecule has 2 aromatic heterocycles. The highest BCUT2D eigenvalue weighted by molar-refractivity contribution is 6.04. The maximum Gasteiger partial charge on any atom is 0.247 e. The van der Waals surface area contributed by atoms with Gasteiger partial charge in [-0.05, 0) is 18.2 Å². The van der Waals surface area contributed by atoms with E-state index in [-0.39, 0.29) is 5.91 Å². The fourth-order valence-corrected chi connectivity index (χ4v) is 1.25. The molecule has 0 saturated carbocycles. The summed E-state index contributed by atoms with van der Waals surface area (Å²) < 4.78 is 0. The van der Waals surface area contributed by atoms with Crippen molar-refractivity contribution in [2.45, 2.75) is 0 Å². The van der Waals surface area contributed by atoms with E-state index in [9.17, 15) is 4.79 Å². The largest absolute Gasteiger partial charge is 0.346 e. The van der Waals surface area contributed by atoms with Gasteiger partial charge in [-0.2, -0.15) is 0 Å². The number of aromatic amines is 1. The molecular formula is C10H9N3O. The molecule has 0 saturated heterocycles. The molecule has 70 valence electrons. The van der Waals surface area contributed by atoms with Gasteiger partial charge in [-0.15, -0.1) is 0 Å². The number of H-pyrrole nitrogens is 1. The molecule has 0 spiro atoms. The van der Waals surface area contributed by atoms with Crippen LogP contribution in [0.25, 0.3) is 11.0 Å². The zero-order chi connectivity index (χ0) is 9.97. The van der Waals surface area contributed by atoms with Crippen molar-refractivity contribution in [2.75, 3.05) is 5.32 Å². The predicted molar refractivity (Wildman–Crippen MR) is 54.9 cm³/mol. The fraction of sp³-hybridized carbons (Fsp3) is 0. The lowest BCUT2D eigenvalue weighted by molar-refractivity contribution is -0.111. The second kappa shape index (κ2) is 3.33. The Balaban J connectivity index is 2.46. The van der Waals surface area contributed by atoms with Crippen LogP contribution < -0.4 is 5.32 Å². The minimum Gasteiger partial charge on any atom is -0.346 e. The molecule has 14 heavy (non-hydrogen) atoms. The van der Waals surface area contributed by atoms with Crippen molar-refractivity contribution < 1.29 is 4.79 Å². The molecule has 2 aromatic rings. The van der Waals surface area contributed by atoms with E-state index in [4.69, 9.17) is 0 Å². The number of amides is 1. The minimum absolute atomic E-state index is 0.223. The van der Waals surface area contributed by atoms with E-state index in [1.807, 2.05) is 6.07 Å². The fourth-order valence-electron chi connectivity index (χ4n) is 1.25. The third-order valence-electron chi connectivity index (χ3n) is 1.90. The smallest absolute Gasteiger partial charge is 0.247 e. The number of hydrogen-bond donors (Lipinski definition) is 2. The van der Waals surface area contributed by atoms with Crippen LogP contribution in [-0.2, 0) is 4.79 Å². The minimum atomic E-state index is -0.223. The second-order valence-electron chi connectivity index (χ2n) is 2.79. The Bertz CT molecular complexity index is 487. The molecule has 0 atom stereocenters. The maximum absolute atomic E-state index is 11.1. The molecule has 0 bridgehead atoms. The van der Waals surface area contributed by atoms with E-state index >= 15 is 0 Å². The number of aromatic nitrogens is 2. The molecule has 0 aliphatic carbocycles. The Labute approximate surface area is 80.7 Å². The van der Waals surface area contributed by atoms with Crippen molar-refractivity contribution >= 4 is 22.6 Å². The van der Waals surface area contributed by atoms with E-state index < -0.39 is 0 Å². The van der Waals surface area contributed by atoms with E-state index in [1.165, 1.54) is 6.08 Å². The van der Waals surface area contributed by atoms with Gasteiger partial charge in [0.15, 0.2) is 0 Å². The molecule has 4 heteroatoms. The highest BCUT2D eigenvalue weighted by atomic mass is 16.1. The predicted octanol–water partition coefficient (Wildman–Crippen LogP) is 1.69. The van der Waals surface area contributed by atoms with Crippen LogP contribution in [0.15, 0.2) is 37.2 Å². The number of rotatable bonds is 2. The summed E-state index contributed by atoms with van der Waals surface area (Å²) in [5, 5.41) is 3.60. The van der Waals surface area contributed by atoms with Gasteiger partial charge in [0.25, 0.3) is 0 Å². The topological polar surface area (TPSA) is 57.8 Å². The Morgan fingerprint density at radius 3 is 3.21 bits per heavy atom. The number of hydrogen-bond acceptors (Lipinski definition) is 2. The zero-order valence-corrected chi connectivity index (χ0v) is 7.45. The molecule has 4 nitrogen and oxygen atoms in total.